The number of carbonyl (C=O) groups is 2. The SMILES string of the molecule is O=C(O)C=CC(=O)Nc1cc(S(=O)(=O)O)cc2cc(S(=O)(=O)O)c(N=Nc3ccc4c(S(=O)(=O)O)cccc4c3S(=O)(=O)O)c(O)c12. The molecule has 47 heavy (non-hydrogen) atoms. The molecule has 0 unspecified atom stereocenters. The smallest absolute Gasteiger partial charge is 0.328 e. The van der Waals surface area contributed by atoms with E-state index in [0.29, 0.717) is 30.4 Å². The first-order chi connectivity index (χ1) is 21.5. The van der Waals surface area contributed by atoms with Crippen LogP contribution in [0.4, 0.5) is 17.1 Å². The van der Waals surface area contributed by atoms with Crippen LogP contribution in [0.1, 0.15) is 0 Å². The summed E-state index contributed by atoms with van der Waals surface area (Å²) in [5.74, 6) is -4.03. The molecule has 0 heterocycles. The third-order valence-corrected chi connectivity index (χ3v) is 9.63. The van der Waals surface area contributed by atoms with Crippen molar-refractivity contribution in [3.05, 3.63) is 60.7 Å². The number of amides is 1. The van der Waals surface area contributed by atoms with Gasteiger partial charge in [0.05, 0.1) is 10.6 Å². The summed E-state index contributed by atoms with van der Waals surface area (Å²) in [6.07, 6.45) is 0.859. The Morgan fingerprint density at radius 2 is 1.34 bits per heavy atom. The second kappa shape index (κ2) is 12.0. The number of azo groups is 1. The van der Waals surface area contributed by atoms with Crippen molar-refractivity contribution < 1.29 is 71.7 Å². The number of phenolic OH excluding ortho intramolecular Hbond substituents is 1. The van der Waals surface area contributed by atoms with Crippen molar-refractivity contribution in [3.8, 4) is 5.75 Å². The number of hydrogen-bond acceptors (Lipinski definition) is 13. The second-order valence-electron chi connectivity index (χ2n) is 9.17. The molecule has 0 spiro atoms. The van der Waals surface area contributed by atoms with Crippen molar-refractivity contribution in [2.45, 2.75) is 19.6 Å². The number of aliphatic carboxylic acids is 1. The highest BCUT2D eigenvalue weighted by molar-refractivity contribution is 7.87. The third-order valence-electron chi connectivity index (χ3n) is 6.08. The van der Waals surface area contributed by atoms with Crippen molar-refractivity contribution in [1.82, 2.24) is 0 Å². The zero-order valence-electron chi connectivity index (χ0n) is 22.6. The van der Waals surface area contributed by atoms with Gasteiger partial charge in [-0.25, -0.2) is 4.79 Å². The fourth-order valence-corrected chi connectivity index (χ4v) is 7.03. The average molecular weight is 732 g/mol. The fourth-order valence-electron chi connectivity index (χ4n) is 4.29. The van der Waals surface area contributed by atoms with Crippen LogP contribution in [0.2, 0.25) is 0 Å². The van der Waals surface area contributed by atoms with Gasteiger partial charge in [-0.05, 0) is 35.7 Å². The molecular weight excluding hydrogens is 715 g/mol. The van der Waals surface area contributed by atoms with E-state index in [0.717, 1.165) is 30.3 Å². The van der Waals surface area contributed by atoms with E-state index >= 15 is 0 Å². The Kier molecular flexibility index (Phi) is 8.97. The minimum Gasteiger partial charge on any atom is -0.505 e. The molecule has 4 aromatic carbocycles. The van der Waals surface area contributed by atoms with Gasteiger partial charge in [-0.2, -0.15) is 33.7 Å². The molecule has 248 valence electrons. The van der Waals surface area contributed by atoms with E-state index < -0.39 is 116 Å². The van der Waals surface area contributed by atoms with E-state index in [1.165, 1.54) is 0 Å². The second-order valence-corrected chi connectivity index (χ2v) is 14.7. The largest absolute Gasteiger partial charge is 0.505 e. The summed E-state index contributed by atoms with van der Waals surface area (Å²) in [5, 5.41) is 26.9. The lowest BCUT2D eigenvalue weighted by Crippen LogP contribution is -2.10. The molecule has 7 N–H and O–H groups in total. The number of carboxylic acid groups (broad SMARTS) is 1. The fraction of sp³-hybridized carbons (Fsp3) is 0. The standard InChI is InChI=1S/C24H17N3O16S4/c28-19(6-7-20(29)30)25-16-10-12(44(32,33)34)8-11-9-18(46(38,39)40)22(23(31)21(11)16)27-26-15-5-4-13-14(24(15)47(41,42)43)2-1-3-17(13)45(35,36)37/h1-10,31H,(H,25,28)(H,29,30)(H,32,33,34)(H,35,36,37)(H,38,39,40)(H,41,42,43). The number of aromatic hydroxyl groups is 1. The van der Waals surface area contributed by atoms with Crippen molar-refractivity contribution in [1.29, 1.82) is 0 Å². The molecule has 0 aliphatic carbocycles. The van der Waals surface area contributed by atoms with Crippen LogP contribution < -0.4 is 5.32 Å². The summed E-state index contributed by atoms with van der Waals surface area (Å²) in [4.78, 5) is 19.0. The number of phenols is 1. The van der Waals surface area contributed by atoms with Gasteiger partial charge in [0.2, 0.25) is 5.91 Å². The van der Waals surface area contributed by atoms with Crippen LogP contribution in [0, 0.1) is 0 Å². The molecule has 0 aromatic heterocycles. The predicted molar refractivity (Wildman–Crippen MR) is 158 cm³/mol. The summed E-state index contributed by atoms with van der Waals surface area (Å²) in [6.45, 7) is 0. The topological polar surface area (TPSA) is 329 Å². The van der Waals surface area contributed by atoms with Gasteiger partial charge in [-0.1, -0.05) is 18.2 Å². The maximum atomic E-state index is 12.4. The number of rotatable bonds is 9. The summed E-state index contributed by atoms with van der Waals surface area (Å²) in [7, 11) is -20.7. The van der Waals surface area contributed by atoms with Crippen molar-refractivity contribution >= 4 is 91.0 Å². The lowest BCUT2D eigenvalue weighted by Gasteiger charge is -2.14. The molecule has 0 atom stereocenters. The number of carbonyl (C=O) groups excluding carboxylic acids is 1. The number of nitrogens with one attached hydrogen (secondary N) is 1. The number of anilines is 1. The van der Waals surface area contributed by atoms with Crippen LogP contribution in [0.3, 0.4) is 0 Å². The highest BCUT2D eigenvalue weighted by Crippen LogP contribution is 2.46. The molecule has 0 fully saturated rings. The maximum Gasteiger partial charge on any atom is 0.328 e. The first-order valence-electron chi connectivity index (χ1n) is 11.9. The number of hydrogen-bond donors (Lipinski definition) is 7. The predicted octanol–water partition coefficient (Wildman–Crippen LogP) is 2.68. The Labute approximate surface area is 263 Å². The Balaban J connectivity index is 2.08. The van der Waals surface area contributed by atoms with Crippen molar-refractivity contribution in [2.75, 3.05) is 5.32 Å². The van der Waals surface area contributed by atoms with Gasteiger partial charge in [0.25, 0.3) is 40.5 Å². The summed E-state index contributed by atoms with van der Waals surface area (Å²) >= 11 is 0. The Morgan fingerprint density at radius 3 is 1.89 bits per heavy atom. The van der Waals surface area contributed by atoms with Crippen LogP contribution >= 0.6 is 0 Å². The Bertz CT molecular complexity index is 2540. The molecule has 0 saturated heterocycles. The first kappa shape index (κ1) is 35.0. The van der Waals surface area contributed by atoms with Crippen LogP contribution in [0.25, 0.3) is 21.5 Å². The minimum atomic E-state index is -5.40. The Morgan fingerprint density at radius 1 is 0.702 bits per heavy atom. The van der Waals surface area contributed by atoms with E-state index in [9.17, 15) is 66.6 Å². The van der Waals surface area contributed by atoms with E-state index in [-0.39, 0.29) is 0 Å². The number of fused-ring (bicyclic) bond motifs is 2. The molecule has 19 nitrogen and oxygen atoms in total. The summed E-state index contributed by atoms with van der Waals surface area (Å²) < 4.78 is 136. The summed E-state index contributed by atoms with van der Waals surface area (Å²) in [5.41, 5.74) is -2.61. The maximum absolute atomic E-state index is 12.4. The van der Waals surface area contributed by atoms with Crippen LogP contribution in [-0.4, -0.2) is 74.0 Å². The third kappa shape index (κ3) is 7.42. The van der Waals surface area contributed by atoms with E-state index in [2.05, 4.69) is 10.2 Å². The van der Waals surface area contributed by atoms with Gasteiger partial charge in [-0.3, -0.25) is 23.0 Å². The molecular formula is C24H17N3O16S4. The number of nitrogens with zero attached hydrogens (tertiary/aromatic N) is 2. The summed E-state index contributed by atoms with van der Waals surface area (Å²) in [6, 6.07) is 6.41. The lowest BCUT2D eigenvalue weighted by molar-refractivity contribution is -0.131. The highest BCUT2D eigenvalue weighted by atomic mass is 32.2. The van der Waals surface area contributed by atoms with Gasteiger partial charge in [0.1, 0.15) is 26.1 Å². The number of benzene rings is 4. The zero-order valence-corrected chi connectivity index (χ0v) is 25.8. The molecule has 0 saturated carbocycles. The van der Waals surface area contributed by atoms with Crippen LogP contribution in [0.15, 0.2) is 90.5 Å². The molecule has 1 amide bonds. The first-order valence-corrected chi connectivity index (χ1v) is 17.7. The molecule has 0 bridgehead atoms. The van der Waals surface area contributed by atoms with E-state index in [1.807, 2.05) is 5.32 Å². The van der Waals surface area contributed by atoms with Crippen molar-refractivity contribution in [3.63, 3.8) is 0 Å². The molecule has 0 radical (unpaired) electrons. The normalized spacial score (nSPS) is 13.1. The monoisotopic (exact) mass is 731 g/mol. The van der Waals surface area contributed by atoms with Crippen LogP contribution in [0.5, 0.6) is 5.75 Å². The number of carboxylic acids is 1. The van der Waals surface area contributed by atoms with Gasteiger partial charge in [0, 0.05) is 28.3 Å². The molecule has 0 aliphatic rings. The molecule has 0 aliphatic heterocycles. The van der Waals surface area contributed by atoms with Crippen molar-refractivity contribution in [2.24, 2.45) is 10.2 Å². The quantitative estimate of drug-likeness (QED) is 0.0739. The lowest BCUT2D eigenvalue weighted by atomic mass is 10.1. The average Bonchev–Trinajstić information content (AvgIpc) is 2.92. The zero-order chi connectivity index (χ0) is 35.3. The van der Waals surface area contributed by atoms with E-state index in [4.69, 9.17) is 5.11 Å². The molecule has 4 rings (SSSR count). The van der Waals surface area contributed by atoms with Gasteiger partial charge < -0.3 is 15.5 Å². The van der Waals surface area contributed by atoms with Crippen LogP contribution in [-0.2, 0) is 50.1 Å². The molecule has 4 aromatic rings. The minimum absolute atomic E-state index is 0.384. The van der Waals surface area contributed by atoms with Gasteiger partial charge >= 0.3 is 5.97 Å². The molecule has 23 heteroatoms. The Hall–Kier alpha value is -4.88. The van der Waals surface area contributed by atoms with Gasteiger partial charge in [-0.15, -0.1) is 10.2 Å². The van der Waals surface area contributed by atoms with E-state index in [1.54, 1.807) is 0 Å². The van der Waals surface area contributed by atoms with Gasteiger partial charge in [0.15, 0.2) is 5.75 Å². The highest BCUT2D eigenvalue weighted by Gasteiger charge is 2.27.